The van der Waals surface area contributed by atoms with E-state index in [4.69, 9.17) is 9.84 Å². The van der Waals surface area contributed by atoms with Crippen LogP contribution in [0.15, 0.2) is 12.1 Å². The van der Waals surface area contributed by atoms with Crippen molar-refractivity contribution < 1.29 is 14.6 Å². The van der Waals surface area contributed by atoms with Crippen LogP contribution >= 0.6 is 0 Å². The zero-order chi connectivity index (χ0) is 12.8. The highest BCUT2D eigenvalue weighted by Crippen LogP contribution is 2.26. The second-order valence-electron chi connectivity index (χ2n) is 4.25. The summed E-state index contributed by atoms with van der Waals surface area (Å²) in [5.41, 5.74) is 3.43. The first kappa shape index (κ1) is 13.6. The van der Waals surface area contributed by atoms with Crippen LogP contribution in [0, 0.1) is 13.8 Å². The van der Waals surface area contributed by atoms with Crippen LogP contribution in [0.3, 0.4) is 0 Å². The first-order chi connectivity index (χ1) is 8.04. The third kappa shape index (κ3) is 4.10. The van der Waals surface area contributed by atoms with Gasteiger partial charge in [-0.05, 0) is 44.7 Å². The summed E-state index contributed by atoms with van der Waals surface area (Å²) in [6.45, 7) is 6.66. The molecule has 0 bridgehead atoms. The van der Waals surface area contributed by atoms with Crippen molar-refractivity contribution in [3.63, 3.8) is 0 Å². The molecule has 0 amide bonds. The Bertz CT molecular complexity index is 397. The lowest BCUT2D eigenvalue weighted by Gasteiger charge is -2.14. The van der Waals surface area contributed by atoms with E-state index in [1.165, 1.54) is 5.56 Å². The van der Waals surface area contributed by atoms with Crippen molar-refractivity contribution in [2.24, 2.45) is 0 Å². The molecule has 0 aliphatic carbocycles. The maximum absolute atomic E-state index is 10.5. The number of carboxylic acids is 1. The lowest BCUT2D eigenvalue weighted by atomic mass is 10.0. The third-order valence-electron chi connectivity index (χ3n) is 2.62. The van der Waals surface area contributed by atoms with Gasteiger partial charge in [-0.1, -0.05) is 17.7 Å². The molecule has 3 nitrogen and oxygen atoms in total. The van der Waals surface area contributed by atoms with Crippen molar-refractivity contribution in [2.75, 3.05) is 6.61 Å². The Labute approximate surface area is 102 Å². The molecule has 0 aromatic heterocycles. The molecule has 1 aromatic carbocycles. The van der Waals surface area contributed by atoms with Crippen molar-refractivity contribution in [2.45, 2.75) is 40.0 Å². The van der Waals surface area contributed by atoms with E-state index in [2.05, 4.69) is 12.1 Å². The van der Waals surface area contributed by atoms with E-state index in [1.807, 2.05) is 20.8 Å². The Hall–Kier alpha value is -1.51. The highest BCUT2D eigenvalue weighted by atomic mass is 16.5. The van der Waals surface area contributed by atoms with Crippen LogP contribution in [0.5, 0.6) is 5.75 Å². The number of hydrogen-bond donors (Lipinski definition) is 1. The highest BCUT2D eigenvalue weighted by molar-refractivity contribution is 5.66. The normalized spacial score (nSPS) is 10.3. The number of ether oxygens (including phenoxy) is 1. The first-order valence-corrected chi connectivity index (χ1v) is 5.99. The van der Waals surface area contributed by atoms with Gasteiger partial charge in [0.15, 0.2) is 0 Å². The van der Waals surface area contributed by atoms with Gasteiger partial charge in [-0.15, -0.1) is 0 Å². The SMILES string of the molecule is CCOc1c(C)cc(C)cc1CCCC(=O)O. The quantitative estimate of drug-likeness (QED) is 0.825. The Balaban J connectivity index is 2.83. The molecule has 17 heavy (non-hydrogen) atoms. The summed E-state index contributed by atoms with van der Waals surface area (Å²) in [5, 5.41) is 8.64. The van der Waals surface area contributed by atoms with E-state index in [9.17, 15) is 4.79 Å². The minimum atomic E-state index is -0.743. The van der Waals surface area contributed by atoms with Crippen LogP contribution in [0.1, 0.15) is 36.5 Å². The zero-order valence-electron chi connectivity index (χ0n) is 10.7. The number of hydrogen-bond acceptors (Lipinski definition) is 2. The molecule has 3 heteroatoms. The predicted octanol–water partition coefficient (Wildman–Crippen LogP) is 3.11. The summed E-state index contributed by atoms with van der Waals surface area (Å²) in [6, 6.07) is 4.17. The lowest BCUT2D eigenvalue weighted by molar-refractivity contribution is -0.137. The van der Waals surface area contributed by atoms with E-state index in [0.717, 1.165) is 23.3 Å². The second-order valence-corrected chi connectivity index (χ2v) is 4.25. The van der Waals surface area contributed by atoms with Crippen LogP contribution in [0.25, 0.3) is 0 Å². The molecule has 1 rings (SSSR count). The van der Waals surface area contributed by atoms with Crippen LogP contribution in [-0.2, 0) is 11.2 Å². The number of rotatable bonds is 6. The van der Waals surface area contributed by atoms with Crippen molar-refractivity contribution in [3.8, 4) is 5.75 Å². The van der Waals surface area contributed by atoms with E-state index >= 15 is 0 Å². The standard InChI is InChI=1S/C14H20O3/c1-4-17-14-11(3)8-10(2)9-12(14)6-5-7-13(15)16/h8-9H,4-7H2,1-3H3,(H,15,16). The summed E-state index contributed by atoms with van der Waals surface area (Å²) < 4.78 is 5.63. The molecular weight excluding hydrogens is 216 g/mol. The molecular formula is C14H20O3. The van der Waals surface area contributed by atoms with E-state index in [0.29, 0.717) is 13.0 Å². The first-order valence-electron chi connectivity index (χ1n) is 5.99. The minimum absolute atomic E-state index is 0.207. The van der Waals surface area contributed by atoms with Gasteiger partial charge in [-0.3, -0.25) is 4.79 Å². The summed E-state index contributed by atoms with van der Waals surface area (Å²) in [7, 11) is 0. The second kappa shape index (κ2) is 6.28. The number of benzene rings is 1. The molecule has 0 aliphatic heterocycles. The van der Waals surface area contributed by atoms with Gasteiger partial charge in [0.2, 0.25) is 0 Å². The van der Waals surface area contributed by atoms with Crippen molar-refractivity contribution in [1.29, 1.82) is 0 Å². The molecule has 0 aliphatic rings. The van der Waals surface area contributed by atoms with Gasteiger partial charge < -0.3 is 9.84 Å². The van der Waals surface area contributed by atoms with Gasteiger partial charge in [-0.25, -0.2) is 0 Å². The fourth-order valence-corrected chi connectivity index (χ4v) is 2.01. The third-order valence-corrected chi connectivity index (χ3v) is 2.62. The molecule has 0 atom stereocenters. The van der Waals surface area contributed by atoms with Crippen LogP contribution in [0.2, 0.25) is 0 Å². The molecule has 0 spiro atoms. The fraction of sp³-hybridized carbons (Fsp3) is 0.500. The van der Waals surface area contributed by atoms with Gasteiger partial charge in [-0.2, -0.15) is 0 Å². The summed E-state index contributed by atoms with van der Waals surface area (Å²) in [4.78, 5) is 10.5. The van der Waals surface area contributed by atoms with E-state index in [-0.39, 0.29) is 6.42 Å². The van der Waals surface area contributed by atoms with Gasteiger partial charge in [0.05, 0.1) is 6.61 Å². The molecule has 0 saturated carbocycles. The molecule has 0 radical (unpaired) electrons. The Morgan fingerprint density at radius 3 is 2.65 bits per heavy atom. The number of carbonyl (C=O) groups is 1. The van der Waals surface area contributed by atoms with E-state index < -0.39 is 5.97 Å². The summed E-state index contributed by atoms with van der Waals surface area (Å²) in [5.74, 6) is 0.177. The molecule has 0 saturated heterocycles. The largest absolute Gasteiger partial charge is 0.493 e. The molecule has 0 fully saturated rings. The van der Waals surface area contributed by atoms with Gasteiger partial charge in [0.1, 0.15) is 5.75 Å². The van der Waals surface area contributed by atoms with Crippen LogP contribution in [-0.4, -0.2) is 17.7 Å². The smallest absolute Gasteiger partial charge is 0.303 e. The summed E-state index contributed by atoms with van der Waals surface area (Å²) >= 11 is 0. The van der Waals surface area contributed by atoms with Crippen LogP contribution < -0.4 is 4.74 Å². The zero-order valence-corrected chi connectivity index (χ0v) is 10.7. The maximum Gasteiger partial charge on any atom is 0.303 e. The topological polar surface area (TPSA) is 46.5 Å². The fourth-order valence-electron chi connectivity index (χ4n) is 2.01. The Morgan fingerprint density at radius 1 is 1.35 bits per heavy atom. The molecule has 0 heterocycles. The van der Waals surface area contributed by atoms with E-state index in [1.54, 1.807) is 0 Å². The number of aliphatic carboxylic acids is 1. The Morgan fingerprint density at radius 2 is 2.06 bits per heavy atom. The molecule has 0 unspecified atom stereocenters. The van der Waals surface area contributed by atoms with Crippen molar-refractivity contribution in [3.05, 3.63) is 28.8 Å². The van der Waals surface area contributed by atoms with Gasteiger partial charge in [0, 0.05) is 6.42 Å². The number of aryl methyl sites for hydroxylation is 3. The minimum Gasteiger partial charge on any atom is -0.493 e. The average molecular weight is 236 g/mol. The Kier molecular flexibility index (Phi) is 5.01. The monoisotopic (exact) mass is 236 g/mol. The lowest BCUT2D eigenvalue weighted by Crippen LogP contribution is -2.02. The average Bonchev–Trinajstić information content (AvgIpc) is 2.22. The molecule has 94 valence electrons. The predicted molar refractivity (Wildman–Crippen MR) is 67.7 cm³/mol. The van der Waals surface area contributed by atoms with Gasteiger partial charge >= 0.3 is 5.97 Å². The molecule has 1 aromatic rings. The maximum atomic E-state index is 10.5. The van der Waals surface area contributed by atoms with Gasteiger partial charge in [0.25, 0.3) is 0 Å². The summed E-state index contributed by atoms with van der Waals surface area (Å²) in [6.07, 6.45) is 1.61. The van der Waals surface area contributed by atoms with Crippen molar-refractivity contribution in [1.82, 2.24) is 0 Å². The van der Waals surface area contributed by atoms with Crippen molar-refractivity contribution >= 4 is 5.97 Å². The molecule has 1 N–H and O–H groups in total. The number of carboxylic acid groups (broad SMARTS) is 1. The highest BCUT2D eigenvalue weighted by Gasteiger charge is 2.08. The van der Waals surface area contributed by atoms with Crippen LogP contribution in [0.4, 0.5) is 0 Å².